The SMILES string of the molecule is CC1(C)[C@H]2CCC(=O)[C@@H]1C2.O=C1CCC[C@H](c2c(O)cc(O)cc2O)C1. The van der Waals surface area contributed by atoms with Crippen LogP contribution in [0.4, 0.5) is 0 Å². The van der Waals surface area contributed by atoms with Crippen molar-refractivity contribution in [2.24, 2.45) is 17.3 Å². The molecule has 4 saturated carbocycles. The van der Waals surface area contributed by atoms with Crippen molar-refractivity contribution in [2.45, 2.75) is 64.7 Å². The summed E-state index contributed by atoms with van der Waals surface area (Å²) >= 11 is 0. The molecule has 26 heavy (non-hydrogen) atoms. The molecule has 3 N–H and O–H groups in total. The van der Waals surface area contributed by atoms with Gasteiger partial charge in [0.1, 0.15) is 28.8 Å². The lowest BCUT2D eigenvalue weighted by Crippen LogP contribution is -2.52. The van der Waals surface area contributed by atoms with Gasteiger partial charge in [-0.2, -0.15) is 0 Å². The molecule has 0 aliphatic heterocycles. The van der Waals surface area contributed by atoms with Crippen molar-refractivity contribution in [1.82, 2.24) is 0 Å². The van der Waals surface area contributed by atoms with E-state index in [-0.39, 0.29) is 28.9 Å². The third kappa shape index (κ3) is 3.44. The number of phenolic OH excluding ortho intramolecular Hbond substituents is 3. The van der Waals surface area contributed by atoms with E-state index < -0.39 is 0 Å². The number of ketones is 2. The Morgan fingerprint density at radius 2 is 1.65 bits per heavy atom. The van der Waals surface area contributed by atoms with Crippen molar-refractivity contribution in [3.8, 4) is 17.2 Å². The van der Waals surface area contributed by atoms with E-state index in [1.54, 1.807) is 0 Å². The number of hydrogen-bond acceptors (Lipinski definition) is 5. The Balaban J connectivity index is 0.000000167. The van der Waals surface area contributed by atoms with Crippen LogP contribution >= 0.6 is 0 Å². The summed E-state index contributed by atoms with van der Waals surface area (Å²) in [6.07, 6.45) is 5.69. The Bertz CT molecular complexity index is 696. The fourth-order valence-corrected chi connectivity index (χ4v) is 4.84. The highest BCUT2D eigenvalue weighted by molar-refractivity contribution is 5.84. The summed E-state index contributed by atoms with van der Waals surface area (Å²) < 4.78 is 0. The van der Waals surface area contributed by atoms with Gasteiger partial charge in [-0.05, 0) is 42.9 Å². The number of rotatable bonds is 1. The smallest absolute Gasteiger partial charge is 0.136 e. The zero-order valence-corrected chi connectivity index (χ0v) is 15.5. The quantitative estimate of drug-likeness (QED) is 0.702. The predicted octanol–water partition coefficient (Wildman–Crippen LogP) is 4.04. The van der Waals surface area contributed by atoms with Crippen LogP contribution in [0.1, 0.15) is 70.3 Å². The van der Waals surface area contributed by atoms with Gasteiger partial charge in [0, 0.05) is 42.9 Å². The monoisotopic (exact) mass is 360 g/mol. The second kappa shape index (κ2) is 6.93. The lowest BCUT2D eigenvalue weighted by molar-refractivity contribution is -0.148. The molecule has 5 heteroatoms. The minimum absolute atomic E-state index is 0.137. The van der Waals surface area contributed by atoms with Crippen LogP contribution in [-0.2, 0) is 9.59 Å². The highest BCUT2D eigenvalue weighted by atomic mass is 16.3. The Morgan fingerprint density at radius 1 is 1.00 bits per heavy atom. The van der Waals surface area contributed by atoms with Gasteiger partial charge in [0.05, 0.1) is 0 Å². The molecule has 142 valence electrons. The number of aromatic hydroxyl groups is 3. The number of Topliss-reactive ketones (excluding diaryl/α,β-unsaturated/α-hetero) is 2. The van der Waals surface area contributed by atoms with Crippen LogP contribution in [0.3, 0.4) is 0 Å². The highest BCUT2D eigenvalue weighted by Crippen LogP contribution is 2.57. The maximum atomic E-state index is 11.3. The van der Waals surface area contributed by atoms with Gasteiger partial charge in [0.15, 0.2) is 0 Å². The van der Waals surface area contributed by atoms with Crippen molar-refractivity contribution in [3.05, 3.63) is 17.7 Å². The molecule has 0 radical (unpaired) electrons. The molecule has 5 nitrogen and oxygen atoms in total. The van der Waals surface area contributed by atoms with E-state index in [2.05, 4.69) is 13.8 Å². The average Bonchev–Trinajstić information content (AvgIpc) is 2.54. The molecular weight excluding hydrogens is 332 g/mol. The molecule has 0 amide bonds. The van der Waals surface area contributed by atoms with Gasteiger partial charge in [0.2, 0.25) is 0 Å². The molecule has 0 spiro atoms. The first-order chi connectivity index (χ1) is 12.2. The van der Waals surface area contributed by atoms with Gasteiger partial charge >= 0.3 is 0 Å². The normalized spacial score (nSPS) is 29.4. The average molecular weight is 360 g/mol. The van der Waals surface area contributed by atoms with Crippen LogP contribution in [-0.4, -0.2) is 26.9 Å². The molecule has 5 rings (SSSR count). The summed E-state index contributed by atoms with van der Waals surface area (Å²) in [5, 5.41) is 28.5. The van der Waals surface area contributed by atoms with Gasteiger partial charge in [0.25, 0.3) is 0 Å². The molecule has 3 atom stereocenters. The Kier molecular flexibility index (Phi) is 5.00. The number of phenols is 3. The summed E-state index contributed by atoms with van der Waals surface area (Å²) in [6.45, 7) is 4.48. The molecule has 4 aliphatic rings. The third-order valence-electron chi connectivity index (χ3n) is 6.61. The number of carbonyl (C=O) groups excluding carboxylic acids is 2. The Morgan fingerprint density at radius 3 is 2.12 bits per heavy atom. The second-order valence-corrected chi connectivity index (χ2v) is 8.54. The molecule has 0 saturated heterocycles. The Labute approximate surface area is 154 Å². The largest absolute Gasteiger partial charge is 0.508 e. The molecule has 0 aromatic heterocycles. The minimum Gasteiger partial charge on any atom is -0.508 e. The van der Waals surface area contributed by atoms with Crippen molar-refractivity contribution < 1.29 is 24.9 Å². The van der Waals surface area contributed by atoms with E-state index in [0.717, 1.165) is 31.6 Å². The van der Waals surface area contributed by atoms with Gasteiger partial charge in [-0.3, -0.25) is 9.59 Å². The molecule has 0 heterocycles. The maximum Gasteiger partial charge on any atom is 0.136 e. The molecular formula is C21H28O5. The fourth-order valence-electron chi connectivity index (χ4n) is 4.84. The summed E-state index contributed by atoms with van der Waals surface area (Å²) in [5.41, 5.74) is 0.737. The first-order valence-electron chi connectivity index (χ1n) is 9.49. The zero-order valence-electron chi connectivity index (χ0n) is 15.5. The Hall–Kier alpha value is -2.04. The van der Waals surface area contributed by atoms with E-state index in [0.29, 0.717) is 35.5 Å². The van der Waals surface area contributed by atoms with E-state index in [9.17, 15) is 24.9 Å². The first kappa shape index (κ1) is 18.7. The van der Waals surface area contributed by atoms with Crippen LogP contribution < -0.4 is 0 Å². The van der Waals surface area contributed by atoms with E-state index in [4.69, 9.17) is 0 Å². The number of fused-ring (bicyclic) bond motifs is 2. The van der Waals surface area contributed by atoms with Crippen LogP contribution in [0.15, 0.2) is 12.1 Å². The van der Waals surface area contributed by atoms with Gasteiger partial charge < -0.3 is 15.3 Å². The van der Waals surface area contributed by atoms with Gasteiger partial charge in [-0.1, -0.05) is 13.8 Å². The molecule has 2 bridgehead atoms. The molecule has 4 aliphatic carbocycles. The number of carbonyl (C=O) groups is 2. The highest BCUT2D eigenvalue weighted by Gasteiger charge is 2.53. The van der Waals surface area contributed by atoms with Crippen molar-refractivity contribution in [3.63, 3.8) is 0 Å². The van der Waals surface area contributed by atoms with Crippen LogP contribution in [0, 0.1) is 17.3 Å². The van der Waals surface area contributed by atoms with Crippen LogP contribution in [0.2, 0.25) is 0 Å². The number of benzene rings is 1. The van der Waals surface area contributed by atoms with E-state index in [1.807, 2.05) is 0 Å². The summed E-state index contributed by atoms with van der Waals surface area (Å²) in [4.78, 5) is 22.6. The topological polar surface area (TPSA) is 94.8 Å². The molecule has 0 unspecified atom stereocenters. The summed E-state index contributed by atoms with van der Waals surface area (Å²) in [6, 6.07) is 2.38. The van der Waals surface area contributed by atoms with Crippen LogP contribution in [0.25, 0.3) is 0 Å². The lowest BCUT2D eigenvalue weighted by Gasteiger charge is -2.55. The molecule has 4 fully saturated rings. The van der Waals surface area contributed by atoms with E-state index in [1.165, 1.54) is 18.6 Å². The van der Waals surface area contributed by atoms with Gasteiger partial charge in [-0.15, -0.1) is 0 Å². The summed E-state index contributed by atoms with van der Waals surface area (Å²) in [7, 11) is 0. The molecule has 1 aromatic carbocycles. The minimum atomic E-state index is -0.180. The number of hydrogen-bond donors (Lipinski definition) is 3. The zero-order chi connectivity index (χ0) is 19.1. The van der Waals surface area contributed by atoms with Crippen molar-refractivity contribution >= 4 is 11.6 Å². The lowest BCUT2D eigenvalue weighted by atomic mass is 9.48. The van der Waals surface area contributed by atoms with Gasteiger partial charge in [-0.25, -0.2) is 0 Å². The fraction of sp³-hybridized carbons (Fsp3) is 0.619. The maximum absolute atomic E-state index is 11.3. The second-order valence-electron chi connectivity index (χ2n) is 8.54. The predicted molar refractivity (Wildman–Crippen MR) is 97.3 cm³/mol. The standard InChI is InChI=1S/C12H14O4.C9H14O/c13-8-3-1-2-7(4-8)12-10(15)5-9(14)6-11(12)16;1-9(2)6-3-4-8(10)7(9)5-6/h5-7,14-16H,1-4H2;6-7H,3-5H2,1-2H3/t7-;6-,7-/m00/s1. The van der Waals surface area contributed by atoms with Crippen molar-refractivity contribution in [2.75, 3.05) is 0 Å². The first-order valence-corrected chi connectivity index (χ1v) is 9.49. The van der Waals surface area contributed by atoms with Crippen molar-refractivity contribution in [1.29, 1.82) is 0 Å². The van der Waals surface area contributed by atoms with Crippen LogP contribution in [0.5, 0.6) is 17.2 Å². The summed E-state index contributed by atoms with van der Waals surface area (Å²) in [5.74, 6) is 1.36. The molecule has 1 aromatic rings. The third-order valence-corrected chi connectivity index (χ3v) is 6.61. The van der Waals surface area contributed by atoms with E-state index >= 15 is 0 Å².